The number of piperidine rings is 1. The van der Waals surface area contributed by atoms with Gasteiger partial charge in [0, 0.05) is 39.3 Å². The summed E-state index contributed by atoms with van der Waals surface area (Å²) < 4.78 is 5.75. The highest BCUT2D eigenvalue weighted by atomic mass is 16.5. The van der Waals surface area contributed by atoms with E-state index in [0.717, 1.165) is 56.8 Å². The summed E-state index contributed by atoms with van der Waals surface area (Å²) in [4.78, 5) is 30.8. The molecule has 0 atom stereocenters. The Hall–Kier alpha value is -2.08. The molecule has 2 saturated heterocycles. The molecule has 2 amide bonds. The highest BCUT2D eigenvalue weighted by Gasteiger charge is 2.25. The van der Waals surface area contributed by atoms with Crippen LogP contribution in [0, 0.1) is 0 Å². The molecule has 0 aromatic heterocycles. The highest BCUT2D eigenvalue weighted by Crippen LogP contribution is 2.18. The second-order valence-corrected chi connectivity index (χ2v) is 7.35. The quantitative estimate of drug-likeness (QED) is 0.763. The Labute approximate surface area is 162 Å². The molecule has 1 aromatic carbocycles. The molecule has 0 aliphatic carbocycles. The largest absolute Gasteiger partial charge is 0.483 e. The van der Waals surface area contributed by atoms with E-state index >= 15 is 0 Å². The van der Waals surface area contributed by atoms with Crippen LogP contribution >= 0.6 is 0 Å². The number of nitrogens with zero attached hydrogens (tertiary/aromatic N) is 3. The van der Waals surface area contributed by atoms with Crippen molar-refractivity contribution in [3.63, 3.8) is 0 Å². The third-order valence-electron chi connectivity index (χ3n) is 5.50. The summed E-state index contributed by atoms with van der Waals surface area (Å²) in [7, 11) is 0. The predicted octanol–water partition coefficient (Wildman–Crippen LogP) is 1.78. The molecule has 6 nitrogen and oxygen atoms in total. The summed E-state index contributed by atoms with van der Waals surface area (Å²) in [6.07, 6.45) is 4.35. The number of hydrogen-bond donors (Lipinski definition) is 0. The van der Waals surface area contributed by atoms with Crippen molar-refractivity contribution in [1.29, 1.82) is 0 Å². The first kappa shape index (κ1) is 19.7. The summed E-state index contributed by atoms with van der Waals surface area (Å²) in [6, 6.07) is 7.85. The Bertz CT molecular complexity index is 635. The average Bonchev–Trinajstić information content (AvgIpc) is 2.73. The van der Waals surface area contributed by atoms with Crippen LogP contribution < -0.4 is 4.74 Å². The maximum atomic E-state index is 12.5. The minimum atomic E-state index is 0.0166. The maximum Gasteiger partial charge on any atom is 0.260 e. The number of aryl methyl sites for hydroxylation is 1. The van der Waals surface area contributed by atoms with Gasteiger partial charge < -0.3 is 14.5 Å². The molecular formula is C21H31N3O3. The van der Waals surface area contributed by atoms with Crippen LogP contribution in [-0.2, 0) is 16.0 Å². The molecule has 148 valence electrons. The van der Waals surface area contributed by atoms with E-state index in [9.17, 15) is 9.59 Å². The smallest absolute Gasteiger partial charge is 0.260 e. The van der Waals surface area contributed by atoms with Crippen molar-refractivity contribution in [3.05, 3.63) is 29.8 Å². The van der Waals surface area contributed by atoms with Gasteiger partial charge in [0.25, 0.3) is 5.91 Å². The molecular weight excluding hydrogens is 342 g/mol. The Morgan fingerprint density at radius 3 is 2.26 bits per heavy atom. The van der Waals surface area contributed by atoms with Gasteiger partial charge in [-0.05, 0) is 37.3 Å². The lowest BCUT2D eigenvalue weighted by Gasteiger charge is -2.36. The Morgan fingerprint density at radius 1 is 0.889 bits per heavy atom. The SMILES string of the molecule is CCc1ccccc1OCC(=O)N1CCN(CC(=O)N2CCCCC2)CC1. The molecule has 0 spiro atoms. The molecule has 1 aromatic rings. The Kier molecular flexibility index (Phi) is 7.10. The fourth-order valence-electron chi connectivity index (χ4n) is 3.76. The Morgan fingerprint density at radius 2 is 1.56 bits per heavy atom. The first-order valence-corrected chi connectivity index (χ1v) is 10.2. The summed E-state index contributed by atoms with van der Waals surface area (Å²) in [5.74, 6) is 1.04. The van der Waals surface area contributed by atoms with Crippen LogP contribution in [0.3, 0.4) is 0 Å². The molecule has 0 saturated carbocycles. The van der Waals surface area contributed by atoms with Crippen molar-refractivity contribution >= 4 is 11.8 Å². The van der Waals surface area contributed by atoms with E-state index < -0.39 is 0 Å². The van der Waals surface area contributed by atoms with Gasteiger partial charge in [0.2, 0.25) is 5.91 Å². The number of amides is 2. The lowest BCUT2D eigenvalue weighted by Crippen LogP contribution is -2.52. The third-order valence-corrected chi connectivity index (χ3v) is 5.50. The van der Waals surface area contributed by atoms with E-state index in [1.54, 1.807) is 0 Å². The summed E-state index contributed by atoms with van der Waals surface area (Å²) in [5, 5.41) is 0. The van der Waals surface area contributed by atoms with Crippen molar-refractivity contribution in [2.24, 2.45) is 0 Å². The fourth-order valence-corrected chi connectivity index (χ4v) is 3.76. The van der Waals surface area contributed by atoms with Gasteiger partial charge in [-0.3, -0.25) is 14.5 Å². The van der Waals surface area contributed by atoms with Crippen LogP contribution in [0.25, 0.3) is 0 Å². The molecule has 2 heterocycles. The molecule has 0 N–H and O–H groups in total. The zero-order chi connectivity index (χ0) is 19.1. The zero-order valence-corrected chi connectivity index (χ0v) is 16.4. The van der Waals surface area contributed by atoms with Crippen molar-refractivity contribution in [3.8, 4) is 5.75 Å². The minimum Gasteiger partial charge on any atom is -0.483 e. The van der Waals surface area contributed by atoms with E-state index in [2.05, 4.69) is 11.8 Å². The van der Waals surface area contributed by atoms with Gasteiger partial charge >= 0.3 is 0 Å². The number of likely N-dealkylation sites (tertiary alicyclic amines) is 1. The fraction of sp³-hybridized carbons (Fsp3) is 0.619. The molecule has 0 bridgehead atoms. The normalized spacial score (nSPS) is 18.4. The molecule has 2 aliphatic heterocycles. The van der Waals surface area contributed by atoms with E-state index in [0.29, 0.717) is 19.6 Å². The number of rotatable bonds is 6. The number of benzene rings is 1. The molecule has 0 unspecified atom stereocenters. The number of piperazine rings is 1. The topological polar surface area (TPSA) is 53.1 Å². The molecule has 2 fully saturated rings. The van der Waals surface area contributed by atoms with Gasteiger partial charge in [-0.1, -0.05) is 25.1 Å². The number of carbonyl (C=O) groups excluding carboxylic acids is 2. The van der Waals surface area contributed by atoms with Crippen molar-refractivity contribution in [2.45, 2.75) is 32.6 Å². The second kappa shape index (κ2) is 9.74. The van der Waals surface area contributed by atoms with E-state index in [1.165, 1.54) is 6.42 Å². The van der Waals surface area contributed by atoms with Crippen LogP contribution in [0.5, 0.6) is 5.75 Å². The molecule has 27 heavy (non-hydrogen) atoms. The molecule has 3 rings (SSSR count). The average molecular weight is 373 g/mol. The van der Waals surface area contributed by atoms with Crippen LogP contribution in [0.4, 0.5) is 0 Å². The monoisotopic (exact) mass is 373 g/mol. The van der Waals surface area contributed by atoms with Crippen molar-refractivity contribution < 1.29 is 14.3 Å². The molecule has 2 aliphatic rings. The van der Waals surface area contributed by atoms with Crippen LogP contribution in [0.15, 0.2) is 24.3 Å². The first-order chi connectivity index (χ1) is 13.2. The third kappa shape index (κ3) is 5.45. The van der Waals surface area contributed by atoms with E-state index in [1.807, 2.05) is 34.1 Å². The second-order valence-electron chi connectivity index (χ2n) is 7.35. The lowest BCUT2D eigenvalue weighted by atomic mass is 10.1. The van der Waals surface area contributed by atoms with Crippen LogP contribution in [0.2, 0.25) is 0 Å². The summed E-state index contributed by atoms with van der Waals surface area (Å²) >= 11 is 0. The summed E-state index contributed by atoms with van der Waals surface area (Å²) in [6.45, 7) is 7.23. The van der Waals surface area contributed by atoms with Gasteiger partial charge in [-0.25, -0.2) is 0 Å². The number of hydrogen-bond acceptors (Lipinski definition) is 4. The maximum absolute atomic E-state index is 12.5. The lowest BCUT2D eigenvalue weighted by molar-refractivity contribution is -0.136. The zero-order valence-electron chi connectivity index (χ0n) is 16.4. The standard InChI is InChI=1S/C21H31N3O3/c1-2-18-8-4-5-9-19(18)27-17-21(26)24-14-12-22(13-15-24)16-20(25)23-10-6-3-7-11-23/h4-5,8-9H,2-3,6-7,10-17H2,1H3. The Balaban J connectivity index is 1.40. The first-order valence-electron chi connectivity index (χ1n) is 10.2. The van der Waals surface area contributed by atoms with Crippen LogP contribution in [-0.4, -0.2) is 78.9 Å². The van der Waals surface area contributed by atoms with Crippen LogP contribution in [0.1, 0.15) is 31.7 Å². The summed E-state index contributed by atoms with van der Waals surface area (Å²) in [5.41, 5.74) is 1.12. The number of ether oxygens (including phenoxy) is 1. The number of carbonyl (C=O) groups is 2. The van der Waals surface area contributed by atoms with Crippen molar-refractivity contribution in [2.75, 3.05) is 52.4 Å². The van der Waals surface area contributed by atoms with Gasteiger partial charge in [0.15, 0.2) is 6.61 Å². The van der Waals surface area contributed by atoms with Gasteiger partial charge in [-0.2, -0.15) is 0 Å². The minimum absolute atomic E-state index is 0.0166. The van der Waals surface area contributed by atoms with Gasteiger partial charge in [0.1, 0.15) is 5.75 Å². The predicted molar refractivity (Wildman–Crippen MR) is 105 cm³/mol. The van der Waals surface area contributed by atoms with Gasteiger partial charge in [-0.15, -0.1) is 0 Å². The molecule has 0 radical (unpaired) electrons. The van der Waals surface area contributed by atoms with Gasteiger partial charge in [0.05, 0.1) is 6.54 Å². The van der Waals surface area contributed by atoms with E-state index in [4.69, 9.17) is 4.74 Å². The number of para-hydroxylation sites is 1. The molecule has 6 heteroatoms. The van der Waals surface area contributed by atoms with Crippen molar-refractivity contribution in [1.82, 2.24) is 14.7 Å². The highest BCUT2D eigenvalue weighted by molar-refractivity contribution is 5.79. The van der Waals surface area contributed by atoms with E-state index in [-0.39, 0.29) is 18.4 Å².